The third-order valence-electron chi connectivity index (χ3n) is 6.18. The summed E-state index contributed by atoms with van der Waals surface area (Å²) in [5, 5.41) is 15.2. The van der Waals surface area contributed by atoms with Crippen LogP contribution in [0.25, 0.3) is 33.6 Å². The molecular formula is C23H21FN6. The van der Waals surface area contributed by atoms with Crippen molar-refractivity contribution in [3.8, 4) is 33.6 Å². The summed E-state index contributed by atoms with van der Waals surface area (Å²) in [6.07, 6.45) is 8.09. The van der Waals surface area contributed by atoms with Crippen LogP contribution in [0.1, 0.15) is 23.6 Å². The first kappa shape index (κ1) is 17.5. The van der Waals surface area contributed by atoms with E-state index in [4.69, 9.17) is 5.10 Å². The van der Waals surface area contributed by atoms with Gasteiger partial charge in [-0.3, -0.25) is 14.8 Å². The molecule has 0 amide bonds. The summed E-state index contributed by atoms with van der Waals surface area (Å²) in [5.41, 5.74) is 8.76. The molecular weight excluding hydrogens is 379 g/mol. The Morgan fingerprint density at radius 1 is 1.03 bits per heavy atom. The van der Waals surface area contributed by atoms with Gasteiger partial charge in [0.2, 0.25) is 0 Å². The van der Waals surface area contributed by atoms with Crippen LogP contribution in [0.15, 0.2) is 55.1 Å². The molecule has 3 aromatic heterocycles. The Morgan fingerprint density at radius 3 is 2.80 bits per heavy atom. The number of nitrogens with one attached hydrogen (secondary N) is 2. The second-order valence-corrected chi connectivity index (χ2v) is 8.00. The topological polar surface area (TPSA) is 71.4 Å². The second kappa shape index (κ2) is 6.88. The number of hydrogen-bond donors (Lipinski definition) is 2. The van der Waals surface area contributed by atoms with E-state index in [1.165, 1.54) is 16.7 Å². The average Bonchev–Trinajstić information content (AvgIpc) is 3.49. The number of nitrogens with zero attached hydrogens (tertiary/aromatic N) is 4. The highest BCUT2D eigenvalue weighted by Gasteiger charge is 2.29. The average molecular weight is 400 g/mol. The molecule has 0 saturated carbocycles. The Kier molecular flexibility index (Phi) is 4.02. The molecule has 2 atom stereocenters. The highest BCUT2D eigenvalue weighted by Crippen LogP contribution is 2.39. The first-order valence-electron chi connectivity index (χ1n) is 10.3. The Labute approximate surface area is 173 Å². The molecule has 2 aliphatic rings. The summed E-state index contributed by atoms with van der Waals surface area (Å²) < 4.78 is 16.5. The molecule has 30 heavy (non-hydrogen) atoms. The van der Waals surface area contributed by atoms with Crippen molar-refractivity contribution in [3.05, 3.63) is 66.2 Å². The zero-order valence-electron chi connectivity index (χ0n) is 16.3. The maximum atomic E-state index is 14.6. The molecule has 6 rings (SSSR count). The van der Waals surface area contributed by atoms with Gasteiger partial charge in [0.15, 0.2) is 0 Å². The molecule has 6 nitrogen and oxygen atoms in total. The van der Waals surface area contributed by atoms with Crippen molar-refractivity contribution in [1.82, 2.24) is 30.3 Å². The predicted octanol–water partition coefficient (Wildman–Crippen LogP) is 3.78. The van der Waals surface area contributed by atoms with Crippen LogP contribution in [0.2, 0.25) is 0 Å². The second-order valence-electron chi connectivity index (χ2n) is 8.00. The Hall–Kier alpha value is -3.32. The van der Waals surface area contributed by atoms with Crippen LogP contribution < -0.4 is 5.32 Å². The first-order chi connectivity index (χ1) is 14.8. The minimum atomic E-state index is -0.950. The van der Waals surface area contributed by atoms with Gasteiger partial charge in [0.25, 0.3) is 0 Å². The number of alkyl halides is 1. The number of rotatable bonds is 3. The fourth-order valence-corrected chi connectivity index (χ4v) is 4.64. The summed E-state index contributed by atoms with van der Waals surface area (Å²) in [6, 6.07) is 10.1. The van der Waals surface area contributed by atoms with E-state index in [0.717, 1.165) is 47.5 Å². The molecule has 1 aromatic carbocycles. The lowest BCUT2D eigenvalue weighted by Gasteiger charge is -2.26. The third-order valence-corrected chi connectivity index (χ3v) is 6.18. The van der Waals surface area contributed by atoms with Crippen LogP contribution >= 0.6 is 0 Å². The summed E-state index contributed by atoms with van der Waals surface area (Å²) in [6.45, 7) is 1.17. The summed E-state index contributed by atoms with van der Waals surface area (Å²) in [5.74, 6) is 0. The Bertz CT molecular complexity index is 1210. The van der Waals surface area contributed by atoms with Crippen molar-refractivity contribution in [2.24, 2.45) is 0 Å². The van der Waals surface area contributed by atoms with Crippen molar-refractivity contribution >= 4 is 0 Å². The molecule has 0 bridgehead atoms. The number of H-pyrrole nitrogens is 1. The first-order valence-corrected chi connectivity index (χ1v) is 10.3. The van der Waals surface area contributed by atoms with Gasteiger partial charge in [0.1, 0.15) is 11.9 Å². The van der Waals surface area contributed by atoms with Crippen molar-refractivity contribution in [2.75, 3.05) is 13.1 Å². The number of benzene rings is 1. The van der Waals surface area contributed by atoms with Gasteiger partial charge in [-0.25, -0.2) is 4.39 Å². The number of pyridine rings is 1. The smallest absolute Gasteiger partial charge is 0.135 e. The maximum absolute atomic E-state index is 14.6. The van der Waals surface area contributed by atoms with Crippen LogP contribution in [0.3, 0.4) is 0 Å². The summed E-state index contributed by atoms with van der Waals surface area (Å²) in [7, 11) is 0. The normalized spacial score (nSPS) is 20.2. The summed E-state index contributed by atoms with van der Waals surface area (Å²) >= 11 is 0. The van der Waals surface area contributed by atoms with Gasteiger partial charge in [0, 0.05) is 53.8 Å². The van der Waals surface area contributed by atoms with Crippen LogP contribution in [0.4, 0.5) is 4.39 Å². The number of hydrogen-bond acceptors (Lipinski definition) is 4. The SMILES string of the molecule is F[C@H]1CNCC[C@@H]1n1cc(-c2ccc3c(c2)Cc2cn[nH]c2-3)c(-c2ccncc2)n1. The molecule has 1 aliphatic carbocycles. The van der Waals surface area contributed by atoms with Crippen LogP contribution in [-0.2, 0) is 6.42 Å². The third kappa shape index (κ3) is 2.77. The predicted molar refractivity (Wildman–Crippen MR) is 113 cm³/mol. The summed E-state index contributed by atoms with van der Waals surface area (Å²) in [4.78, 5) is 4.13. The number of fused-ring (bicyclic) bond motifs is 3. The lowest BCUT2D eigenvalue weighted by atomic mass is 9.98. The molecule has 2 N–H and O–H groups in total. The molecule has 150 valence electrons. The fourth-order valence-electron chi connectivity index (χ4n) is 4.64. The zero-order valence-corrected chi connectivity index (χ0v) is 16.3. The minimum absolute atomic E-state index is 0.249. The van der Waals surface area contributed by atoms with Crippen LogP contribution in [0, 0.1) is 0 Å². The molecule has 0 unspecified atom stereocenters. The zero-order chi connectivity index (χ0) is 20.1. The van der Waals surface area contributed by atoms with E-state index in [1.54, 1.807) is 12.4 Å². The lowest BCUT2D eigenvalue weighted by Crippen LogP contribution is -2.39. The maximum Gasteiger partial charge on any atom is 0.135 e. The van der Waals surface area contributed by atoms with Gasteiger partial charge in [0.05, 0.1) is 17.9 Å². The van der Waals surface area contributed by atoms with Crippen molar-refractivity contribution in [1.29, 1.82) is 0 Å². The lowest BCUT2D eigenvalue weighted by molar-refractivity contribution is 0.173. The van der Waals surface area contributed by atoms with E-state index in [1.807, 2.05) is 29.2 Å². The van der Waals surface area contributed by atoms with Gasteiger partial charge in [-0.15, -0.1) is 0 Å². The number of aromatic amines is 1. The molecule has 7 heteroatoms. The van der Waals surface area contributed by atoms with Gasteiger partial charge in [-0.1, -0.05) is 18.2 Å². The minimum Gasteiger partial charge on any atom is -0.314 e. The van der Waals surface area contributed by atoms with E-state index >= 15 is 0 Å². The Balaban J connectivity index is 1.47. The van der Waals surface area contributed by atoms with E-state index in [-0.39, 0.29) is 6.04 Å². The number of halogens is 1. The molecule has 0 radical (unpaired) electrons. The van der Waals surface area contributed by atoms with Crippen molar-refractivity contribution < 1.29 is 4.39 Å². The van der Waals surface area contributed by atoms with Crippen molar-refractivity contribution in [2.45, 2.75) is 25.1 Å². The van der Waals surface area contributed by atoms with E-state index in [2.05, 4.69) is 38.7 Å². The van der Waals surface area contributed by atoms with Crippen molar-refractivity contribution in [3.63, 3.8) is 0 Å². The highest BCUT2D eigenvalue weighted by atomic mass is 19.1. The van der Waals surface area contributed by atoms with Crippen LogP contribution in [-0.4, -0.2) is 44.2 Å². The highest BCUT2D eigenvalue weighted by molar-refractivity contribution is 5.83. The van der Waals surface area contributed by atoms with Gasteiger partial charge in [-0.2, -0.15) is 10.2 Å². The van der Waals surface area contributed by atoms with E-state index < -0.39 is 6.17 Å². The molecule has 4 aromatic rings. The standard InChI is InChI=1S/C23H21FN6/c24-20-12-26-8-5-21(20)30-13-19(23(29-30)14-3-6-25-7-4-14)15-1-2-18-16(9-15)10-17-11-27-28-22(17)18/h1-4,6-7,9,11,13,20-21,26H,5,8,10,12H2,(H,27,28)/t20-,21-/m0/s1. The van der Waals surface area contributed by atoms with E-state index in [9.17, 15) is 4.39 Å². The number of piperidine rings is 1. The van der Waals surface area contributed by atoms with Crippen LogP contribution in [0.5, 0.6) is 0 Å². The van der Waals surface area contributed by atoms with Gasteiger partial charge >= 0.3 is 0 Å². The molecule has 1 aliphatic heterocycles. The van der Waals surface area contributed by atoms with E-state index in [0.29, 0.717) is 6.54 Å². The quantitative estimate of drug-likeness (QED) is 0.484. The van der Waals surface area contributed by atoms with Gasteiger partial charge < -0.3 is 5.32 Å². The largest absolute Gasteiger partial charge is 0.314 e. The fraction of sp³-hybridized carbons (Fsp3) is 0.261. The molecule has 1 saturated heterocycles. The monoisotopic (exact) mass is 400 g/mol. The molecule has 1 fully saturated rings. The van der Waals surface area contributed by atoms with Gasteiger partial charge in [-0.05, 0) is 36.2 Å². The Morgan fingerprint density at radius 2 is 1.93 bits per heavy atom. The molecule has 4 heterocycles. The number of aromatic nitrogens is 5. The molecule has 0 spiro atoms.